The molecule has 10 heteroatoms. The summed E-state index contributed by atoms with van der Waals surface area (Å²) in [6.07, 6.45) is 2.97. The number of aromatic nitrogens is 4. The Morgan fingerprint density at radius 1 is 1.34 bits per heavy atom. The van der Waals surface area contributed by atoms with Crippen molar-refractivity contribution in [3.8, 4) is 5.75 Å². The second-order valence-electron chi connectivity index (χ2n) is 6.85. The van der Waals surface area contributed by atoms with E-state index < -0.39 is 0 Å². The Balaban J connectivity index is 1.62. The average molecular weight is 417 g/mol. The zero-order valence-corrected chi connectivity index (χ0v) is 17.4. The number of ether oxygens (including phenoxy) is 2. The Morgan fingerprint density at radius 3 is 2.90 bits per heavy atom. The van der Waals surface area contributed by atoms with Crippen LogP contribution in [0.15, 0.2) is 24.8 Å². The largest absolute Gasteiger partial charge is 0.494 e. The van der Waals surface area contributed by atoms with Gasteiger partial charge in [0, 0.05) is 26.2 Å². The molecule has 154 valence electrons. The van der Waals surface area contributed by atoms with Crippen LogP contribution in [0.3, 0.4) is 0 Å². The molecule has 0 N–H and O–H groups in total. The first-order valence-corrected chi connectivity index (χ1v) is 10.3. The molecule has 0 saturated carbocycles. The van der Waals surface area contributed by atoms with E-state index in [1.807, 2.05) is 19.1 Å². The van der Waals surface area contributed by atoms with Gasteiger partial charge in [0.1, 0.15) is 30.5 Å². The monoisotopic (exact) mass is 416 g/mol. The molecule has 3 heterocycles. The van der Waals surface area contributed by atoms with Crippen LogP contribution in [0.1, 0.15) is 5.56 Å². The SMILES string of the molecule is COc1ccc(C)c2sc(N(CCN3CCOCC3)C(=O)Cn3cncn3)nc12. The Labute approximate surface area is 172 Å². The summed E-state index contributed by atoms with van der Waals surface area (Å²) in [6, 6.07) is 3.93. The van der Waals surface area contributed by atoms with Crippen molar-refractivity contribution in [2.24, 2.45) is 0 Å². The molecule has 0 unspecified atom stereocenters. The number of anilines is 1. The molecule has 0 atom stereocenters. The number of hydrogen-bond acceptors (Lipinski definition) is 8. The predicted octanol–water partition coefficient (Wildman–Crippen LogP) is 1.57. The fraction of sp³-hybridized carbons (Fsp3) is 0.474. The number of carbonyl (C=O) groups is 1. The van der Waals surface area contributed by atoms with Crippen LogP contribution in [0.4, 0.5) is 5.13 Å². The molecule has 9 nitrogen and oxygen atoms in total. The zero-order valence-electron chi connectivity index (χ0n) is 16.6. The lowest BCUT2D eigenvalue weighted by molar-refractivity contribution is -0.119. The van der Waals surface area contributed by atoms with E-state index in [4.69, 9.17) is 14.5 Å². The Morgan fingerprint density at radius 2 is 2.17 bits per heavy atom. The van der Waals surface area contributed by atoms with Gasteiger partial charge in [-0.1, -0.05) is 17.4 Å². The standard InChI is InChI=1S/C19H24N6O3S/c1-14-3-4-15(27-2)17-18(14)29-19(22-17)25(6-5-23-7-9-28-10-8-23)16(26)11-24-13-20-12-21-24/h3-4,12-13H,5-11H2,1-2H3. The maximum Gasteiger partial charge on any atom is 0.250 e. The predicted molar refractivity (Wildman–Crippen MR) is 111 cm³/mol. The van der Waals surface area contributed by atoms with Gasteiger partial charge in [-0.2, -0.15) is 5.10 Å². The van der Waals surface area contributed by atoms with E-state index in [-0.39, 0.29) is 12.5 Å². The van der Waals surface area contributed by atoms with E-state index in [1.165, 1.54) is 22.3 Å². The lowest BCUT2D eigenvalue weighted by Crippen LogP contribution is -2.44. The van der Waals surface area contributed by atoms with E-state index in [1.54, 1.807) is 18.3 Å². The Kier molecular flexibility index (Phi) is 6.02. The summed E-state index contributed by atoms with van der Waals surface area (Å²) in [5.41, 5.74) is 1.90. The van der Waals surface area contributed by atoms with E-state index in [9.17, 15) is 4.79 Å². The minimum atomic E-state index is -0.0700. The highest BCUT2D eigenvalue weighted by Crippen LogP contribution is 2.36. The Bertz CT molecular complexity index is 968. The number of fused-ring (bicyclic) bond motifs is 1. The number of thiazole rings is 1. The normalized spacial score (nSPS) is 15.0. The van der Waals surface area contributed by atoms with Crippen LogP contribution >= 0.6 is 11.3 Å². The molecule has 0 radical (unpaired) electrons. The lowest BCUT2D eigenvalue weighted by Gasteiger charge is -2.29. The fourth-order valence-electron chi connectivity index (χ4n) is 3.31. The van der Waals surface area contributed by atoms with Gasteiger partial charge in [-0.3, -0.25) is 14.6 Å². The minimum Gasteiger partial charge on any atom is -0.494 e. The third-order valence-corrected chi connectivity index (χ3v) is 6.17. The molecule has 0 spiro atoms. The first-order valence-electron chi connectivity index (χ1n) is 9.52. The van der Waals surface area contributed by atoms with Crippen molar-refractivity contribution in [1.82, 2.24) is 24.6 Å². The highest BCUT2D eigenvalue weighted by atomic mass is 32.1. The maximum absolute atomic E-state index is 13.1. The van der Waals surface area contributed by atoms with E-state index in [0.29, 0.717) is 17.4 Å². The van der Waals surface area contributed by atoms with Crippen molar-refractivity contribution in [3.63, 3.8) is 0 Å². The molecule has 4 rings (SSSR count). The summed E-state index contributed by atoms with van der Waals surface area (Å²) in [6.45, 7) is 6.67. The van der Waals surface area contributed by atoms with Gasteiger partial charge in [-0.25, -0.2) is 14.6 Å². The van der Waals surface area contributed by atoms with Gasteiger partial charge >= 0.3 is 0 Å². The number of carbonyl (C=O) groups excluding carboxylic acids is 1. The molecule has 3 aromatic rings. The summed E-state index contributed by atoms with van der Waals surface area (Å²) in [5.74, 6) is 0.643. The van der Waals surface area contributed by atoms with E-state index in [2.05, 4.69) is 15.0 Å². The first-order chi connectivity index (χ1) is 14.2. The molecule has 0 bridgehead atoms. The van der Waals surface area contributed by atoms with Crippen LogP contribution in [0, 0.1) is 6.92 Å². The van der Waals surface area contributed by atoms with Gasteiger partial charge in [0.25, 0.3) is 5.91 Å². The molecule has 2 aromatic heterocycles. The molecular formula is C19H24N6O3S. The molecule has 1 saturated heterocycles. The van der Waals surface area contributed by atoms with Crippen molar-refractivity contribution in [3.05, 3.63) is 30.4 Å². The van der Waals surface area contributed by atoms with Crippen LogP contribution in [-0.4, -0.2) is 77.1 Å². The highest BCUT2D eigenvalue weighted by molar-refractivity contribution is 7.22. The van der Waals surface area contributed by atoms with Crippen LogP contribution < -0.4 is 9.64 Å². The first kappa shape index (κ1) is 19.7. The van der Waals surface area contributed by atoms with Gasteiger partial charge in [0.2, 0.25) is 0 Å². The topological polar surface area (TPSA) is 85.6 Å². The van der Waals surface area contributed by atoms with Crippen LogP contribution in [0.25, 0.3) is 10.2 Å². The minimum absolute atomic E-state index is 0.0700. The van der Waals surface area contributed by atoms with Crippen LogP contribution in [0.5, 0.6) is 5.75 Å². The van der Waals surface area contributed by atoms with Gasteiger partial charge < -0.3 is 9.47 Å². The fourth-order valence-corrected chi connectivity index (χ4v) is 4.40. The van der Waals surface area contributed by atoms with Crippen LogP contribution in [-0.2, 0) is 16.1 Å². The lowest BCUT2D eigenvalue weighted by atomic mass is 10.2. The van der Waals surface area contributed by atoms with E-state index >= 15 is 0 Å². The number of hydrogen-bond donors (Lipinski definition) is 0. The summed E-state index contributed by atoms with van der Waals surface area (Å²) in [4.78, 5) is 25.9. The molecule has 29 heavy (non-hydrogen) atoms. The second-order valence-corrected chi connectivity index (χ2v) is 7.83. The third kappa shape index (κ3) is 4.39. The number of morpholine rings is 1. The van der Waals surface area contributed by atoms with Gasteiger partial charge in [-0.15, -0.1) is 0 Å². The second kappa shape index (κ2) is 8.85. The summed E-state index contributed by atoms with van der Waals surface area (Å²) < 4.78 is 13.5. The average Bonchev–Trinajstić information content (AvgIpc) is 3.40. The van der Waals surface area contributed by atoms with Crippen molar-refractivity contribution >= 4 is 32.6 Å². The summed E-state index contributed by atoms with van der Waals surface area (Å²) in [5, 5.41) is 4.73. The number of amides is 1. The van der Waals surface area contributed by atoms with Crippen molar-refractivity contribution in [2.75, 3.05) is 51.4 Å². The third-order valence-electron chi connectivity index (χ3n) is 4.95. The number of nitrogens with zero attached hydrogens (tertiary/aromatic N) is 6. The molecule has 0 aliphatic carbocycles. The molecule has 1 aromatic carbocycles. The maximum atomic E-state index is 13.1. The number of methoxy groups -OCH3 is 1. The number of rotatable bonds is 7. The molecule has 1 amide bonds. The number of benzene rings is 1. The molecule has 1 fully saturated rings. The summed E-state index contributed by atoms with van der Waals surface area (Å²) >= 11 is 1.51. The van der Waals surface area contributed by atoms with Crippen molar-refractivity contribution in [1.29, 1.82) is 0 Å². The highest BCUT2D eigenvalue weighted by Gasteiger charge is 2.23. The van der Waals surface area contributed by atoms with Crippen molar-refractivity contribution < 1.29 is 14.3 Å². The molecule has 1 aliphatic rings. The van der Waals surface area contributed by atoms with Crippen molar-refractivity contribution in [2.45, 2.75) is 13.5 Å². The summed E-state index contributed by atoms with van der Waals surface area (Å²) in [7, 11) is 1.63. The van der Waals surface area contributed by atoms with Gasteiger partial charge in [0.05, 0.1) is 25.0 Å². The quantitative estimate of drug-likeness (QED) is 0.578. The smallest absolute Gasteiger partial charge is 0.250 e. The van der Waals surface area contributed by atoms with Gasteiger partial charge in [0.15, 0.2) is 5.13 Å². The molecule has 1 aliphatic heterocycles. The van der Waals surface area contributed by atoms with Gasteiger partial charge in [-0.05, 0) is 18.6 Å². The van der Waals surface area contributed by atoms with E-state index in [0.717, 1.165) is 48.6 Å². The zero-order chi connectivity index (χ0) is 20.2. The Hall–Kier alpha value is -2.56. The molecular weight excluding hydrogens is 392 g/mol. The number of aryl methyl sites for hydroxylation is 1. The van der Waals surface area contributed by atoms with Crippen LogP contribution in [0.2, 0.25) is 0 Å².